The summed E-state index contributed by atoms with van der Waals surface area (Å²) in [5.41, 5.74) is 0.859. The van der Waals surface area contributed by atoms with E-state index in [1.807, 2.05) is 17.8 Å². The fourth-order valence-electron chi connectivity index (χ4n) is 0.823. The summed E-state index contributed by atoms with van der Waals surface area (Å²) in [7, 11) is 1.95. The van der Waals surface area contributed by atoms with Gasteiger partial charge in [-0.2, -0.15) is 0 Å². The van der Waals surface area contributed by atoms with Crippen LogP contribution in [0.15, 0.2) is 12.5 Å². The standard InChI is InChI=1S/C10H14N2/c1-9(2)5-4-6-10-7-12(3)8-11-10/h7-9H,5H2,1-3H3. The second-order valence-corrected chi connectivity index (χ2v) is 3.32. The molecule has 0 radical (unpaired) electrons. The molecule has 0 atom stereocenters. The second-order valence-electron chi connectivity index (χ2n) is 3.32. The third-order valence-corrected chi connectivity index (χ3v) is 1.43. The smallest absolute Gasteiger partial charge is 0.131 e. The molecule has 0 fully saturated rings. The van der Waals surface area contributed by atoms with Gasteiger partial charge in [-0.05, 0) is 11.8 Å². The fraction of sp³-hybridized carbons (Fsp3) is 0.500. The Hall–Kier alpha value is -1.23. The first-order valence-electron chi connectivity index (χ1n) is 4.15. The van der Waals surface area contributed by atoms with Crippen molar-refractivity contribution in [3.05, 3.63) is 18.2 Å². The molecule has 0 aliphatic heterocycles. The summed E-state index contributed by atoms with van der Waals surface area (Å²) in [5.74, 6) is 6.74. The molecule has 0 spiro atoms. The summed E-state index contributed by atoms with van der Waals surface area (Å²) in [5, 5.41) is 0. The summed E-state index contributed by atoms with van der Waals surface area (Å²) in [6, 6.07) is 0. The van der Waals surface area contributed by atoms with E-state index in [-0.39, 0.29) is 0 Å². The highest BCUT2D eigenvalue weighted by atomic mass is 15.0. The molecule has 1 heterocycles. The number of imidazole rings is 1. The largest absolute Gasteiger partial charge is 0.339 e. The molecule has 0 bridgehead atoms. The van der Waals surface area contributed by atoms with Crippen molar-refractivity contribution in [2.45, 2.75) is 20.3 Å². The van der Waals surface area contributed by atoms with Crippen molar-refractivity contribution < 1.29 is 0 Å². The highest BCUT2D eigenvalue weighted by molar-refractivity contribution is 5.24. The lowest BCUT2D eigenvalue weighted by atomic mass is 10.1. The van der Waals surface area contributed by atoms with Crippen molar-refractivity contribution in [1.82, 2.24) is 9.55 Å². The lowest BCUT2D eigenvalue weighted by molar-refractivity contribution is 0.676. The van der Waals surface area contributed by atoms with Gasteiger partial charge < -0.3 is 4.57 Å². The molecule has 2 nitrogen and oxygen atoms in total. The molecule has 1 aromatic rings. The van der Waals surface area contributed by atoms with Crippen molar-refractivity contribution in [2.24, 2.45) is 13.0 Å². The van der Waals surface area contributed by atoms with E-state index in [1.165, 1.54) is 0 Å². The van der Waals surface area contributed by atoms with E-state index in [0.29, 0.717) is 5.92 Å². The lowest BCUT2D eigenvalue weighted by Gasteiger charge is -1.91. The first-order chi connectivity index (χ1) is 5.68. The summed E-state index contributed by atoms with van der Waals surface area (Å²) in [6.45, 7) is 4.32. The molecule has 0 aliphatic carbocycles. The maximum absolute atomic E-state index is 4.10. The Morgan fingerprint density at radius 2 is 2.33 bits per heavy atom. The average molecular weight is 162 g/mol. The van der Waals surface area contributed by atoms with Crippen LogP contribution < -0.4 is 0 Å². The summed E-state index contributed by atoms with van der Waals surface area (Å²) in [6.07, 6.45) is 4.63. The quantitative estimate of drug-likeness (QED) is 0.576. The van der Waals surface area contributed by atoms with Gasteiger partial charge in [-0.3, -0.25) is 0 Å². The van der Waals surface area contributed by atoms with E-state index < -0.39 is 0 Å². The lowest BCUT2D eigenvalue weighted by Crippen LogP contribution is -1.82. The van der Waals surface area contributed by atoms with Crippen molar-refractivity contribution in [1.29, 1.82) is 0 Å². The molecule has 1 rings (SSSR count). The van der Waals surface area contributed by atoms with Gasteiger partial charge in [-0.15, -0.1) is 0 Å². The number of nitrogens with zero attached hydrogens (tertiary/aromatic N) is 2. The van der Waals surface area contributed by atoms with Crippen LogP contribution in [0.2, 0.25) is 0 Å². The topological polar surface area (TPSA) is 17.8 Å². The number of hydrogen-bond donors (Lipinski definition) is 0. The van der Waals surface area contributed by atoms with Crippen molar-refractivity contribution in [2.75, 3.05) is 0 Å². The van der Waals surface area contributed by atoms with Gasteiger partial charge in [0, 0.05) is 19.7 Å². The minimum absolute atomic E-state index is 0.640. The van der Waals surface area contributed by atoms with Gasteiger partial charge in [0.05, 0.1) is 6.33 Å². The monoisotopic (exact) mass is 162 g/mol. The first-order valence-corrected chi connectivity index (χ1v) is 4.15. The molecule has 2 heteroatoms. The zero-order valence-corrected chi connectivity index (χ0v) is 7.83. The normalized spacial score (nSPS) is 9.67. The predicted octanol–water partition coefficient (Wildman–Crippen LogP) is 1.82. The van der Waals surface area contributed by atoms with Gasteiger partial charge in [0.1, 0.15) is 5.69 Å². The fourth-order valence-corrected chi connectivity index (χ4v) is 0.823. The van der Waals surface area contributed by atoms with E-state index >= 15 is 0 Å². The maximum atomic E-state index is 4.10. The minimum Gasteiger partial charge on any atom is -0.339 e. The molecule has 0 saturated carbocycles. The van der Waals surface area contributed by atoms with Gasteiger partial charge in [0.25, 0.3) is 0 Å². The van der Waals surface area contributed by atoms with E-state index in [2.05, 4.69) is 30.7 Å². The molecule has 0 unspecified atom stereocenters. The Morgan fingerprint density at radius 1 is 1.58 bits per heavy atom. The van der Waals surface area contributed by atoms with Gasteiger partial charge in [0.2, 0.25) is 0 Å². The van der Waals surface area contributed by atoms with Crippen LogP contribution in [0.5, 0.6) is 0 Å². The van der Waals surface area contributed by atoms with E-state index in [4.69, 9.17) is 0 Å². The van der Waals surface area contributed by atoms with Gasteiger partial charge in [-0.1, -0.05) is 19.8 Å². The second kappa shape index (κ2) is 3.96. The van der Waals surface area contributed by atoms with Crippen LogP contribution in [0, 0.1) is 17.8 Å². The summed E-state index contributed by atoms with van der Waals surface area (Å²) < 4.78 is 1.90. The van der Waals surface area contributed by atoms with E-state index in [0.717, 1.165) is 12.1 Å². The van der Waals surface area contributed by atoms with Gasteiger partial charge in [-0.25, -0.2) is 4.98 Å². The van der Waals surface area contributed by atoms with Crippen LogP contribution in [0.3, 0.4) is 0 Å². The molecule has 1 aromatic heterocycles. The Kier molecular flexibility index (Phi) is 2.93. The third kappa shape index (κ3) is 2.79. The van der Waals surface area contributed by atoms with E-state index in [9.17, 15) is 0 Å². The first kappa shape index (κ1) is 8.86. The van der Waals surface area contributed by atoms with Crippen molar-refractivity contribution in [3.63, 3.8) is 0 Å². The SMILES string of the molecule is CC(C)CC#Cc1cn(C)cn1. The van der Waals surface area contributed by atoms with Crippen LogP contribution in [-0.4, -0.2) is 9.55 Å². The Morgan fingerprint density at radius 3 is 2.83 bits per heavy atom. The predicted molar refractivity (Wildman–Crippen MR) is 49.5 cm³/mol. The average Bonchev–Trinajstić information content (AvgIpc) is 2.35. The van der Waals surface area contributed by atoms with Gasteiger partial charge >= 0.3 is 0 Å². The number of aryl methyl sites for hydroxylation is 1. The van der Waals surface area contributed by atoms with E-state index in [1.54, 1.807) is 6.33 Å². The molecule has 0 N–H and O–H groups in total. The van der Waals surface area contributed by atoms with Crippen LogP contribution in [-0.2, 0) is 7.05 Å². The van der Waals surface area contributed by atoms with Gasteiger partial charge in [0.15, 0.2) is 0 Å². The number of aromatic nitrogens is 2. The summed E-state index contributed by atoms with van der Waals surface area (Å²) >= 11 is 0. The van der Waals surface area contributed by atoms with Crippen LogP contribution in [0.4, 0.5) is 0 Å². The number of hydrogen-bond acceptors (Lipinski definition) is 1. The van der Waals surface area contributed by atoms with Crippen molar-refractivity contribution in [3.8, 4) is 11.8 Å². The third-order valence-electron chi connectivity index (χ3n) is 1.43. The molecule has 64 valence electrons. The molecule has 12 heavy (non-hydrogen) atoms. The highest BCUT2D eigenvalue weighted by Crippen LogP contribution is 1.97. The van der Waals surface area contributed by atoms with Crippen molar-refractivity contribution >= 4 is 0 Å². The van der Waals surface area contributed by atoms with Crippen LogP contribution >= 0.6 is 0 Å². The molecule has 0 amide bonds. The molecular weight excluding hydrogens is 148 g/mol. The Bertz CT molecular complexity index is 299. The minimum atomic E-state index is 0.640. The maximum Gasteiger partial charge on any atom is 0.131 e. The highest BCUT2D eigenvalue weighted by Gasteiger charge is 1.90. The van der Waals surface area contributed by atoms with Crippen LogP contribution in [0.25, 0.3) is 0 Å². The zero-order valence-electron chi connectivity index (χ0n) is 7.83. The molecular formula is C10H14N2. The molecule has 0 aromatic carbocycles. The zero-order chi connectivity index (χ0) is 8.97. The Labute approximate surface area is 73.6 Å². The molecule has 0 saturated heterocycles. The number of rotatable bonds is 1. The Balaban J connectivity index is 2.55. The summed E-state index contributed by atoms with van der Waals surface area (Å²) in [4.78, 5) is 4.10. The van der Waals surface area contributed by atoms with Crippen LogP contribution in [0.1, 0.15) is 26.0 Å². The molecule has 0 aliphatic rings.